The first-order chi connectivity index (χ1) is 14.7. The molecule has 5 rings (SSSR count). The third-order valence-corrected chi connectivity index (χ3v) is 6.43. The smallest absolute Gasteiger partial charge is 0.321 e. The third-order valence-electron chi connectivity index (χ3n) is 5.36. The molecular formula is C22H20FN5OS. The second-order valence-corrected chi connectivity index (χ2v) is 8.40. The number of rotatable bonds is 3. The number of anilines is 1. The zero-order valence-electron chi connectivity index (χ0n) is 16.1. The van der Waals surface area contributed by atoms with Crippen LogP contribution in [-0.2, 0) is 0 Å². The second-order valence-electron chi connectivity index (χ2n) is 7.37. The molecule has 6 nitrogen and oxygen atoms in total. The molecule has 1 unspecified atom stereocenters. The van der Waals surface area contributed by atoms with Crippen LogP contribution in [0.3, 0.4) is 0 Å². The number of H-pyrrole nitrogens is 1. The minimum atomic E-state index is -0.363. The fourth-order valence-corrected chi connectivity index (χ4v) is 4.87. The minimum absolute atomic E-state index is 0.191. The van der Waals surface area contributed by atoms with Gasteiger partial charge in [-0.05, 0) is 43.2 Å². The molecule has 2 aromatic heterocycles. The number of benzene rings is 2. The van der Waals surface area contributed by atoms with Crippen molar-refractivity contribution in [3.63, 3.8) is 0 Å². The molecule has 4 aromatic rings. The van der Waals surface area contributed by atoms with E-state index in [0.717, 1.165) is 28.9 Å². The standard InChI is InChI=1S/C22H20FN5OS/c23-15-7-8-17(16(12-15)21-26-18-5-1-2-6-19(18)30-21)27-22(29)28-11-3-4-14(13-28)20-24-9-10-25-20/h1-2,5-10,12,14H,3-4,11,13H2,(H,24,25)(H,27,29). The summed E-state index contributed by atoms with van der Waals surface area (Å²) in [5.41, 5.74) is 2.00. The summed E-state index contributed by atoms with van der Waals surface area (Å²) >= 11 is 1.48. The van der Waals surface area contributed by atoms with E-state index in [1.807, 2.05) is 24.3 Å². The van der Waals surface area contributed by atoms with E-state index in [-0.39, 0.29) is 17.8 Å². The van der Waals surface area contributed by atoms with E-state index in [1.54, 1.807) is 23.4 Å². The summed E-state index contributed by atoms with van der Waals surface area (Å²) in [6.45, 7) is 1.28. The highest BCUT2D eigenvalue weighted by atomic mass is 32.1. The van der Waals surface area contributed by atoms with Crippen molar-refractivity contribution >= 4 is 33.3 Å². The topological polar surface area (TPSA) is 73.9 Å². The molecule has 0 saturated carbocycles. The maximum Gasteiger partial charge on any atom is 0.321 e. The van der Waals surface area contributed by atoms with Gasteiger partial charge in [0.2, 0.25) is 0 Å². The number of fused-ring (bicyclic) bond motifs is 1. The Balaban J connectivity index is 1.40. The number of thiazole rings is 1. The van der Waals surface area contributed by atoms with Crippen molar-refractivity contribution in [2.24, 2.45) is 0 Å². The molecule has 1 aliphatic heterocycles. The molecule has 30 heavy (non-hydrogen) atoms. The van der Waals surface area contributed by atoms with Gasteiger partial charge in [-0.2, -0.15) is 0 Å². The SMILES string of the molecule is O=C(Nc1ccc(F)cc1-c1nc2ccccc2s1)N1CCCC(c2ncc[nH]2)C1. The van der Waals surface area contributed by atoms with E-state index in [0.29, 0.717) is 29.3 Å². The molecule has 0 spiro atoms. The van der Waals surface area contributed by atoms with Gasteiger partial charge in [0.15, 0.2) is 0 Å². The maximum absolute atomic E-state index is 14.0. The van der Waals surface area contributed by atoms with Gasteiger partial charge >= 0.3 is 6.03 Å². The lowest BCUT2D eigenvalue weighted by Gasteiger charge is -2.32. The Morgan fingerprint density at radius 3 is 3.00 bits per heavy atom. The quantitative estimate of drug-likeness (QED) is 0.475. The monoisotopic (exact) mass is 421 g/mol. The van der Waals surface area contributed by atoms with E-state index >= 15 is 0 Å². The number of nitrogens with one attached hydrogen (secondary N) is 2. The lowest BCUT2D eigenvalue weighted by molar-refractivity contribution is 0.191. The van der Waals surface area contributed by atoms with Crippen LogP contribution in [0, 0.1) is 5.82 Å². The van der Waals surface area contributed by atoms with E-state index < -0.39 is 0 Å². The lowest BCUT2D eigenvalue weighted by Crippen LogP contribution is -2.41. The van der Waals surface area contributed by atoms with Crippen molar-refractivity contribution in [1.82, 2.24) is 19.9 Å². The number of carbonyl (C=O) groups excluding carboxylic acids is 1. The van der Waals surface area contributed by atoms with Gasteiger partial charge in [0, 0.05) is 37.0 Å². The molecule has 2 amide bonds. The molecule has 3 heterocycles. The van der Waals surface area contributed by atoms with Crippen molar-refractivity contribution in [3.05, 3.63) is 66.5 Å². The highest BCUT2D eigenvalue weighted by Crippen LogP contribution is 2.35. The summed E-state index contributed by atoms with van der Waals surface area (Å²) in [6, 6.07) is 12.0. The van der Waals surface area contributed by atoms with Gasteiger partial charge in [-0.25, -0.2) is 19.2 Å². The van der Waals surface area contributed by atoms with Gasteiger partial charge in [0.25, 0.3) is 0 Å². The van der Waals surface area contributed by atoms with Crippen LogP contribution in [0.1, 0.15) is 24.6 Å². The molecule has 1 atom stereocenters. The maximum atomic E-state index is 14.0. The predicted octanol–water partition coefficient (Wildman–Crippen LogP) is 5.24. The largest absolute Gasteiger partial charge is 0.348 e. The van der Waals surface area contributed by atoms with Crippen LogP contribution in [0.4, 0.5) is 14.9 Å². The average Bonchev–Trinajstić information content (AvgIpc) is 3.45. The van der Waals surface area contributed by atoms with Crippen LogP contribution < -0.4 is 5.32 Å². The molecule has 1 aliphatic rings. The molecule has 1 fully saturated rings. The van der Waals surface area contributed by atoms with Crippen LogP contribution in [0.25, 0.3) is 20.8 Å². The van der Waals surface area contributed by atoms with Gasteiger partial charge in [0.05, 0.1) is 15.9 Å². The van der Waals surface area contributed by atoms with E-state index in [9.17, 15) is 9.18 Å². The molecule has 2 aromatic carbocycles. The fraction of sp³-hybridized carbons (Fsp3) is 0.227. The van der Waals surface area contributed by atoms with E-state index in [1.165, 1.54) is 23.5 Å². The predicted molar refractivity (Wildman–Crippen MR) is 116 cm³/mol. The molecule has 0 aliphatic carbocycles. The van der Waals surface area contributed by atoms with Crippen molar-refractivity contribution in [3.8, 4) is 10.6 Å². The minimum Gasteiger partial charge on any atom is -0.348 e. The summed E-state index contributed by atoms with van der Waals surface area (Å²) in [4.78, 5) is 26.9. The second kappa shape index (κ2) is 7.87. The molecule has 2 N–H and O–H groups in total. The number of nitrogens with zero attached hydrogens (tertiary/aromatic N) is 3. The van der Waals surface area contributed by atoms with Gasteiger partial charge in [0.1, 0.15) is 16.6 Å². The van der Waals surface area contributed by atoms with Crippen molar-refractivity contribution in [2.75, 3.05) is 18.4 Å². The molecule has 0 bridgehead atoms. The van der Waals surface area contributed by atoms with Crippen LogP contribution in [-0.4, -0.2) is 39.0 Å². The van der Waals surface area contributed by atoms with Gasteiger partial charge in [-0.15, -0.1) is 11.3 Å². The Kier molecular flexibility index (Phi) is 4.92. The number of halogens is 1. The first kappa shape index (κ1) is 18.7. The highest BCUT2D eigenvalue weighted by molar-refractivity contribution is 7.21. The normalized spacial score (nSPS) is 16.7. The molecular weight excluding hydrogens is 401 g/mol. The van der Waals surface area contributed by atoms with Crippen molar-refractivity contribution in [1.29, 1.82) is 0 Å². The highest BCUT2D eigenvalue weighted by Gasteiger charge is 2.26. The summed E-state index contributed by atoms with van der Waals surface area (Å²) in [7, 11) is 0. The summed E-state index contributed by atoms with van der Waals surface area (Å²) in [6.07, 6.45) is 5.44. The number of aromatic nitrogens is 3. The number of imidazole rings is 1. The van der Waals surface area contributed by atoms with Crippen molar-refractivity contribution in [2.45, 2.75) is 18.8 Å². The van der Waals surface area contributed by atoms with Crippen LogP contribution >= 0.6 is 11.3 Å². The Hall–Kier alpha value is -3.26. The van der Waals surface area contributed by atoms with Crippen molar-refractivity contribution < 1.29 is 9.18 Å². The first-order valence-corrected chi connectivity index (χ1v) is 10.7. The number of aromatic amines is 1. The first-order valence-electron chi connectivity index (χ1n) is 9.88. The number of hydrogen-bond acceptors (Lipinski definition) is 4. The zero-order valence-corrected chi connectivity index (χ0v) is 17.0. The van der Waals surface area contributed by atoms with Gasteiger partial charge in [-0.1, -0.05) is 12.1 Å². The zero-order chi connectivity index (χ0) is 20.5. The average molecular weight is 422 g/mol. The molecule has 8 heteroatoms. The number of urea groups is 1. The summed E-state index contributed by atoms with van der Waals surface area (Å²) in [5, 5.41) is 3.65. The molecule has 0 radical (unpaired) electrons. The Labute approximate surface area is 176 Å². The van der Waals surface area contributed by atoms with Gasteiger partial charge in [-0.3, -0.25) is 0 Å². The summed E-state index contributed by atoms with van der Waals surface area (Å²) < 4.78 is 15.1. The van der Waals surface area contributed by atoms with E-state index in [4.69, 9.17) is 0 Å². The number of carbonyl (C=O) groups is 1. The van der Waals surface area contributed by atoms with Crippen LogP contribution in [0.15, 0.2) is 54.9 Å². The Bertz CT molecular complexity index is 1160. The Morgan fingerprint density at radius 1 is 1.27 bits per heavy atom. The number of likely N-dealkylation sites (tertiary alicyclic amines) is 1. The molecule has 152 valence electrons. The molecule has 1 saturated heterocycles. The summed E-state index contributed by atoms with van der Waals surface area (Å²) in [5.74, 6) is 0.735. The van der Waals surface area contributed by atoms with E-state index in [2.05, 4.69) is 20.3 Å². The fourth-order valence-electron chi connectivity index (χ4n) is 3.87. The van der Waals surface area contributed by atoms with Crippen LogP contribution in [0.2, 0.25) is 0 Å². The third kappa shape index (κ3) is 3.66. The van der Waals surface area contributed by atoms with Gasteiger partial charge < -0.3 is 15.2 Å². The number of piperidine rings is 1. The Morgan fingerprint density at radius 2 is 2.17 bits per heavy atom. The number of para-hydroxylation sites is 1. The van der Waals surface area contributed by atoms with Crippen LogP contribution in [0.5, 0.6) is 0 Å². The lowest BCUT2D eigenvalue weighted by atomic mass is 9.97. The number of hydrogen-bond donors (Lipinski definition) is 2. The number of amides is 2.